The predicted octanol–water partition coefficient (Wildman–Crippen LogP) is 4.18. The molecule has 0 heterocycles. The van der Waals surface area contributed by atoms with Crippen LogP contribution >= 0.6 is 15.9 Å². The molecule has 0 aliphatic heterocycles. The maximum atomic E-state index is 12.7. The van der Waals surface area contributed by atoms with E-state index in [1.165, 1.54) is 19.2 Å². The molecule has 6 nitrogen and oxygen atoms in total. The molecule has 2 aromatic rings. The van der Waals surface area contributed by atoms with Crippen LogP contribution in [0.1, 0.15) is 36.5 Å². The number of halogens is 1. The summed E-state index contributed by atoms with van der Waals surface area (Å²) in [7, 11) is -2.30. The third-order valence-electron chi connectivity index (χ3n) is 3.88. The van der Waals surface area contributed by atoms with E-state index in [1.54, 1.807) is 30.3 Å². The standard InChI is InChI=1S/C19H23BrN2O4S/c1-3-4-5-11-21-19(23)14-7-6-8-16(12-14)27(24,25)22-15-9-10-18(26-2)17(20)13-15/h6-10,12-13,22H,3-5,11H2,1-2H3,(H,21,23). The van der Waals surface area contributed by atoms with Gasteiger partial charge in [-0.05, 0) is 58.7 Å². The number of nitrogens with one attached hydrogen (secondary N) is 2. The van der Waals surface area contributed by atoms with Gasteiger partial charge in [0.1, 0.15) is 5.75 Å². The number of sulfonamides is 1. The number of rotatable bonds is 9. The number of benzene rings is 2. The van der Waals surface area contributed by atoms with E-state index in [1.807, 2.05) is 0 Å². The monoisotopic (exact) mass is 454 g/mol. The van der Waals surface area contributed by atoms with Gasteiger partial charge in [-0.3, -0.25) is 9.52 Å². The van der Waals surface area contributed by atoms with Crippen LogP contribution in [0.3, 0.4) is 0 Å². The molecule has 0 aliphatic rings. The first-order valence-electron chi connectivity index (χ1n) is 8.62. The highest BCUT2D eigenvalue weighted by Crippen LogP contribution is 2.29. The Kier molecular flexibility index (Phi) is 7.67. The fourth-order valence-corrected chi connectivity index (χ4v) is 4.06. The molecule has 8 heteroatoms. The van der Waals surface area contributed by atoms with Crippen molar-refractivity contribution in [2.45, 2.75) is 31.1 Å². The van der Waals surface area contributed by atoms with Crippen molar-refractivity contribution in [1.82, 2.24) is 5.32 Å². The fourth-order valence-electron chi connectivity index (χ4n) is 2.43. The second kappa shape index (κ2) is 9.75. The molecule has 0 fully saturated rings. The first kappa shape index (κ1) is 21.2. The van der Waals surface area contributed by atoms with Crippen molar-refractivity contribution in [3.05, 3.63) is 52.5 Å². The molecular formula is C19H23BrN2O4S. The van der Waals surface area contributed by atoms with Gasteiger partial charge < -0.3 is 10.1 Å². The number of anilines is 1. The minimum atomic E-state index is -3.83. The molecule has 1 amide bonds. The van der Waals surface area contributed by atoms with Crippen molar-refractivity contribution in [2.24, 2.45) is 0 Å². The van der Waals surface area contributed by atoms with Gasteiger partial charge >= 0.3 is 0 Å². The second-order valence-electron chi connectivity index (χ2n) is 5.95. The van der Waals surface area contributed by atoms with Gasteiger partial charge in [0.05, 0.1) is 22.2 Å². The van der Waals surface area contributed by atoms with Crippen molar-refractivity contribution >= 4 is 37.5 Å². The summed E-state index contributed by atoms with van der Waals surface area (Å²) in [4.78, 5) is 12.2. The smallest absolute Gasteiger partial charge is 0.261 e. The van der Waals surface area contributed by atoms with E-state index in [2.05, 4.69) is 32.9 Å². The van der Waals surface area contributed by atoms with E-state index in [9.17, 15) is 13.2 Å². The summed E-state index contributed by atoms with van der Waals surface area (Å²) in [6, 6.07) is 10.8. The molecule has 0 atom stereocenters. The lowest BCUT2D eigenvalue weighted by Crippen LogP contribution is -2.24. The molecule has 2 aromatic carbocycles. The summed E-state index contributed by atoms with van der Waals surface area (Å²) in [5.74, 6) is 0.315. The van der Waals surface area contributed by atoms with Crippen LogP contribution < -0.4 is 14.8 Å². The second-order valence-corrected chi connectivity index (χ2v) is 8.48. The van der Waals surface area contributed by atoms with Crippen molar-refractivity contribution in [3.8, 4) is 5.75 Å². The lowest BCUT2D eigenvalue weighted by atomic mass is 10.2. The minimum absolute atomic E-state index is 0.0237. The van der Waals surface area contributed by atoms with Gasteiger partial charge in [-0.25, -0.2) is 8.42 Å². The molecule has 0 unspecified atom stereocenters. The Bertz CT molecular complexity index is 900. The van der Waals surface area contributed by atoms with E-state index in [-0.39, 0.29) is 10.8 Å². The number of unbranched alkanes of at least 4 members (excludes halogenated alkanes) is 2. The van der Waals surface area contributed by atoms with E-state index < -0.39 is 10.0 Å². The zero-order chi connectivity index (χ0) is 19.9. The number of methoxy groups -OCH3 is 1. The number of ether oxygens (including phenoxy) is 1. The van der Waals surface area contributed by atoms with Crippen molar-refractivity contribution < 1.29 is 17.9 Å². The topological polar surface area (TPSA) is 84.5 Å². The Labute approximate surface area is 168 Å². The average molecular weight is 455 g/mol. The summed E-state index contributed by atoms with van der Waals surface area (Å²) >= 11 is 3.32. The van der Waals surface area contributed by atoms with Crippen molar-refractivity contribution in [3.63, 3.8) is 0 Å². The molecule has 27 heavy (non-hydrogen) atoms. The number of hydrogen-bond donors (Lipinski definition) is 2. The third kappa shape index (κ3) is 5.97. The van der Waals surface area contributed by atoms with E-state index in [0.717, 1.165) is 19.3 Å². The minimum Gasteiger partial charge on any atom is -0.496 e. The molecule has 2 rings (SSSR count). The highest BCUT2D eigenvalue weighted by Gasteiger charge is 2.17. The van der Waals surface area contributed by atoms with Crippen molar-refractivity contribution in [1.29, 1.82) is 0 Å². The lowest BCUT2D eigenvalue weighted by molar-refractivity contribution is 0.0952. The third-order valence-corrected chi connectivity index (χ3v) is 5.88. The van der Waals surface area contributed by atoms with Gasteiger partial charge in [0, 0.05) is 12.1 Å². The van der Waals surface area contributed by atoms with Crippen LogP contribution in [0.15, 0.2) is 51.8 Å². The molecule has 0 spiro atoms. The van der Waals surface area contributed by atoms with Crippen LogP contribution in [0.25, 0.3) is 0 Å². The Morgan fingerprint density at radius 3 is 2.59 bits per heavy atom. The summed E-state index contributed by atoms with van der Waals surface area (Å²) in [5, 5.41) is 2.81. The van der Waals surface area contributed by atoms with E-state index in [0.29, 0.717) is 28.0 Å². The Hall–Kier alpha value is -2.06. The molecular weight excluding hydrogens is 432 g/mol. The highest BCUT2D eigenvalue weighted by atomic mass is 79.9. The Balaban J connectivity index is 2.14. The summed E-state index contributed by atoms with van der Waals surface area (Å²) in [6.45, 7) is 2.66. The van der Waals surface area contributed by atoms with Crippen LogP contribution in [-0.4, -0.2) is 28.0 Å². The number of amides is 1. The van der Waals surface area contributed by atoms with Gasteiger partial charge in [-0.2, -0.15) is 0 Å². The van der Waals surface area contributed by atoms with Crippen LogP contribution in [-0.2, 0) is 10.0 Å². The zero-order valence-electron chi connectivity index (χ0n) is 15.3. The van der Waals surface area contributed by atoms with Crippen LogP contribution in [0.4, 0.5) is 5.69 Å². The van der Waals surface area contributed by atoms with E-state index >= 15 is 0 Å². The van der Waals surface area contributed by atoms with Gasteiger partial charge in [0.2, 0.25) is 0 Å². The Morgan fingerprint density at radius 2 is 1.93 bits per heavy atom. The van der Waals surface area contributed by atoms with Crippen LogP contribution in [0.5, 0.6) is 5.75 Å². The number of hydrogen-bond acceptors (Lipinski definition) is 4. The summed E-state index contributed by atoms with van der Waals surface area (Å²) in [6.07, 6.45) is 3.00. The molecule has 0 radical (unpaired) electrons. The molecule has 0 aliphatic carbocycles. The Morgan fingerprint density at radius 1 is 1.15 bits per heavy atom. The quantitative estimate of drug-likeness (QED) is 0.556. The summed E-state index contributed by atoms with van der Waals surface area (Å²) < 4.78 is 33.6. The first-order chi connectivity index (χ1) is 12.9. The van der Waals surface area contributed by atoms with Gasteiger partial charge in [0.25, 0.3) is 15.9 Å². The maximum Gasteiger partial charge on any atom is 0.261 e. The van der Waals surface area contributed by atoms with Crippen molar-refractivity contribution in [2.75, 3.05) is 18.4 Å². The number of carbonyl (C=O) groups excluding carboxylic acids is 1. The molecule has 2 N–H and O–H groups in total. The SMILES string of the molecule is CCCCCNC(=O)c1cccc(S(=O)(=O)Nc2ccc(OC)c(Br)c2)c1. The van der Waals surface area contributed by atoms with Crippen LogP contribution in [0.2, 0.25) is 0 Å². The molecule has 0 aromatic heterocycles. The molecule has 0 bridgehead atoms. The summed E-state index contributed by atoms with van der Waals surface area (Å²) in [5.41, 5.74) is 0.697. The fraction of sp³-hybridized carbons (Fsp3) is 0.316. The van der Waals surface area contributed by atoms with Gasteiger partial charge in [-0.15, -0.1) is 0 Å². The largest absolute Gasteiger partial charge is 0.496 e. The lowest BCUT2D eigenvalue weighted by Gasteiger charge is -2.11. The van der Waals surface area contributed by atoms with Gasteiger partial charge in [-0.1, -0.05) is 25.8 Å². The molecule has 146 valence electrons. The van der Waals surface area contributed by atoms with E-state index in [4.69, 9.17) is 4.74 Å². The normalized spacial score (nSPS) is 11.1. The molecule has 0 saturated heterocycles. The first-order valence-corrected chi connectivity index (χ1v) is 10.9. The molecule has 0 saturated carbocycles. The highest BCUT2D eigenvalue weighted by molar-refractivity contribution is 9.10. The number of carbonyl (C=O) groups is 1. The van der Waals surface area contributed by atoms with Crippen LogP contribution in [0, 0.1) is 0 Å². The zero-order valence-corrected chi connectivity index (χ0v) is 17.7. The average Bonchev–Trinajstić information content (AvgIpc) is 2.65. The maximum absolute atomic E-state index is 12.7. The van der Waals surface area contributed by atoms with Gasteiger partial charge in [0.15, 0.2) is 0 Å². The predicted molar refractivity (Wildman–Crippen MR) is 110 cm³/mol.